The van der Waals surface area contributed by atoms with Gasteiger partial charge in [-0.05, 0) is 41.7 Å². The van der Waals surface area contributed by atoms with E-state index >= 15 is 0 Å². The summed E-state index contributed by atoms with van der Waals surface area (Å²) in [6.07, 6.45) is 9.57. The molecule has 30 heavy (non-hydrogen) atoms. The zero-order chi connectivity index (χ0) is 21.2. The number of amides is 1. The van der Waals surface area contributed by atoms with Crippen molar-refractivity contribution in [3.63, 3.8) is 0 Å². The van der Waals surface area contributed by atoms with Gasteiger partial charge in [0.15, 0.2) is 0 Å². The molecular weight excluding hydrogens is 378 g/mol. The maximum absolute atomic E-state index is 12.4. The van der Waals surface area contributed by atoms with Gasteiger partial charge in [-0.15, -0.1) is 0 Å². The van der Waals surface area contributed by atoms with Gasteiger partial charge in [0.05, 0.1) is 12.8 Å². The maximum Gasteiger partial charge on any atom is 0.304 e. The summed E-state index contributed by atoms with van der Waals surface area (Å²) in [4.78, 5) is 27.9. The third-order valence-electron chi connectivity index (χ3n) is 4.94. The lowest BCUT2D eigenvalue weighted by Crippen LogP contribution is -2.25. The molecule has 0 spiro atoms. The van der Waals surface area contributed by atoms with E-state index in [0.717, 1.165) is 41.9 Å². The average molecular weight is 405 g/mol. The molecule has 156 valence electrons. The Morgan fingerprint density at radius 3 is 2.60 bits per heavy atom. The quantitative estimate of drug-likeness (QED) is 0.520. The molecule has 0 bridgehead atoms. The molecule has 1 aliphatic rings. The predicted octanol–water partition coefficient (Wildman–Crippen LogP) is 3.99. The van der Waals surface area contributed by atoms with E-state index in [2.05, 4.69) is 15.6 Å². The number of carbonyl (C=O) groups excluding carboxylic acids is 1. The van der Waals surface area contributed by atoms with Crippen LogP contribution in [0.3, 0.4) is 0 Å². The zero-order valence-corrected chi connectivity index (χ0v) is 16.9. The van der Waals surface area contributed by atoms with Gasteiger partial charge in [0, 0.05) is 25.2 Å². The summed E-state index contributed by atoms with van der Waals surface area (Å²) in [5.74, 6) is -0.292. The molecule has 1 aromatic carbocycles. The van der Waals surface area contributed by atoms with Crippen molar-refractivity contribution in [3.05, 3.63) is 77.5 Å². The molecule has 1 aliphatic carbocycles. The van der Waals surface area contributed by atoms with Crippen molar-refractivity contribution in [2.75, 3.05) is 18.4 Å². The number of aliphatic carboxylic acids is 1. The topological polar surface area (TPSA) is 91.3 Å². The van der Waals surface area contributed by atoms with Crippen molar-refractivity contribution in [2.24, 2.45) is 0 Å². The molecule has 0 aliphatic heterocycles. The van der Waals surface area contributed by atoms with E-state index in [0.29, 0.717) is 6.54 Å². The number of nitrogens with one attached hydrogen (secondary N) is 2. The van der Waals surface area contributed by atoms with E-state index in [1.54, 1.807) is 6.20 Å². The van der Waals surface area contributed by atoms with Gasteiger partial charge in [-0.2, -0.15) is 0 Å². The second-order valence-corrected chi connectivity index (χ2v) is 7.28. The summed E-state index contributed by atoms with van der Waals surface area (Å²) >= 11 is 0. The van der Waals surface area contributed by atoms with Crippen LogP contribution in [0.2, 0.25) is 0 Å². The highest BCUT2D eigenvalue weighted by Crippen LogP contribution is 2.31. The molecule has 1 heterocycles. The van der Waals surface area contributed by atoms with E-state index in [1.807, 2.05) is 60.7 Å². The van der Waals surface area contributed by atoms with Gasteiger partial charge >= 0.3 is 5.97 Å². The highest BCUT2D eigenvalue weighted by molar-refractivity contribution is 5.80. The van der Waals surface area contributed by atoms with Crippen molar-refractivity contribution in [1.29, 1.82) is 0 Å². The van der Waals surface area contributed by atoms with E-state index in [-0.39, 0.29) is 24.7 Å². The first-order valence-corrected chi connectivity index (χ1v) is 10.2. The summed E-state index contributed by atoms with van der Waals surface area (Å²) in [5, 5.41) is 15.5. The van der Waals surface area contributed by atoms with Crippen LogP contribution in [-0.4, -0.2) is 35.1 Å². The van der Waals surface area contributed by atoms with Crippen LogP contribution in [0.5, 0.6) is 0 Å². The number of pyridine rings is 1. The molecule has 0 saturated carbocycles. The van der Waals surface area contributed by atoms with Gasteiger partial charge < -0.3 is 15.7 Å². The van der Waals surface area contributed by atoms with Crippen LogP contribution in [0.1, 0.15) is 42.7 Å². The number of carbonyl (C=O) groups is 2. The number of fused-ring (bicyclic) bond motifs is 1. The molecule has 0 fully saturated rings. The first kappa shape index (κ1) is 21.3. The van der Waals surface area contributed by atoms with Crippen molar-refractivity contribution >= 4 is 23.8 Å². The fourth-order valence-electron chi connectivity index (χ4n) is 3.49. The molecule has 1 amide bonds. The third-order valence-corrected chi connectivity index (χ3v) is 4.94. The van der Waals surface area contributed by atoms with Crippen molar-refractivity contribution in [2.45, 2.75) is 31.6 Å². The van der Waals surface area contributed by atoms with Gasteiger partial charge in [-0.3, -0.25) is 9.59 Å². The van der Waals surface area contributed by atoms with Crippen LogP contribution in [0, 0.1) is 0 Å². The monoisotopic (exact) mass is 405 g/mol. The fourth-order valence-corrected chi connectivity index (χ4v) is 3.49. The number of hydrogen-bond acceptors (Lipinski definition) is 4. The first-order chi connectivity index (χ1) is 14.6. The number of hydrogen-bond donors (Lipinski definition) is 3. The van der Waals surface area contributed by atoms with E-state index < -0.39 is 5.97 Å². The largest absolute Gasteiger partial charge is 0.481 e. The summed E-state index contributed by atoms with van der Waals surface area (Å²) < 4.78 is 0. The number of carboxylic acids is 1. The normalized spacial score (nSPS) is 14.9. The Morgan fingerprint density at radius 2 is 1.80 bits per heavy atom. The number of rotatable bonds is 10. The average Bonchev–Trinajstić information content (AvgIpc) is 2.90. The molecule has 3 rings (SSSR count). The van der Waals surface area contributed by atoms with E-state index in [1.165, 1.54) is 0 Å². The molecule has 0 radical (unpaired) electrons. The smallest absolute Gasteiger partial charge is 0.304 e. The molecule has 0 saturated heterocycles. The summed E-state index contributed by atoms with van der Waals surface area (Å²) in [7, 11) is 0. The number of nitrogens with zero attached hydrogens (tertiary/aromatic N) is 1. The van der Waals surface area contributed by atoms with Crippen molar-refractivity contribution in [3.8, 4) is 0 Å². The van der Waals surface area contributed by atoms with Crippen LogP contribution in [0.25, 0.3) is 6.08 Å². The van der Waals surface area contributed by atoms with Gasteiger partial charge in [0.2, 0.25) is 5.91 Å². The SMILES string of the molecule is O=C(O)CC1C=C(CC(=O)NCCCCNc2ccccn2)C=Cc2ccccc21. The van der Waals surface area contributed by atoms with Crippen LogP contribution in [-0.2, 0) is 9.59 Å². The molecule has 6 heteroatoms. The van der Waals surface area contributed by atoms with Gasteiger partial charge in [0.1, 0.15) is 5.82 Å². The predicted molar refractivity (Wildman–Crippen MR) is 118 cm³/mol. The molecule has 1 unspecified atom stereocenters. The van der Waals surface area contributed by atoms with Crippen LogP contribution in [0.4, 0.5) is 5.82 Å². The second kappa shape index (κ2) is 11.0. The minimum Gasteiger partial charge on any atom is -0.481 e. The number of unbranched alkanes of at least 4 members (excludes halogenated alkanes) is 1. The molecule has 1 aromatic heterocycles. The molecule has 3 N–H and O–H groups in total. The summed E-state index contributed by atoms with van der Waals surface area (Å²) in [6.45, 7) is 1.41. The fraction of sp³-hybridized carbons (Fsp3) is 0.292. The highest BCUT2D eigenvalue weighted by Gasteiger charge is 2.19. The van der Waals surface area contributed by atoms with Crippen molar-refractivity contribution in [1.82, 2.24) is 10.3 Å². The number of carboxylic acid groups (broad SMARTS) is 1. The number of aromatic nitrogens is 1. The Labute approximate surface area is 176 Å². The lowest BCUT2D eigenvalue weighted by molar-refractivity contribution is -0.137. The molecule has 1 atom stereocenters. The van der Waals surface area contributed by atoms with Gasteiger partial charge in [0.25, 0.3) is 0 Å². The van der Waals surface area contributed by atoms with E-state index in [9.17, 15) is 14.7 Å². The number of anilines is 1. The van der Waals surface area contributed by atoms with Crippen LogP contribution in [0.15, 0.2) is 66.4 Å². The Morgan fingerprint density at radius 1 is 1.00 bits per heavy atom. The Hall–Kier alpha value is -3.41. The summed E-state index contributed by atoms with van der Waals surface area (Å²) in [6, 6.07) is 13.5. The van der Waals surface area contributed by atoms with Crippen LogP contribution >= 0.6 is 0 Å². The Kier molecular flexibility index (Phi) is 7.78. The Balaban J connectivity index is 1.46. The van der Waals surface area contributed by atoms with Gasteiger partial charge in [-0.25, -0.2) is 4.98 Å². The van der Waals surface area contributed by atoms with E-state index in [4.69, 9.17) is 0 Å². The standard InChI is InChI=1S/C24H27N3O3/c28-23(27-14-6-5-13-26-22-9-3-4-12-25-22)16-18-10-11-19-7-1-2-8-21(19)20(15-18)17-24(29)30/h1-4,7-12,15,20H,5-6,13-14,16-17H2,(H,25,26)(H,27,28)(H,29,30). The van der Waals surface area contributed by atoms with Crippen LogP contribution < -0.4 is 10.6 Å². The first-order valence-electron chi connectivity index (χ1n) is 10.2. The lowest BCUT2D eigenvalue weighted by atomic mass is 9.91. The highest BCUT2D eigenvalue weighted by atomic mass is 16.4. The summed E-state index contributed by atoms with van der Waals surface area (Å²) in [5.41, 5.74) is 2.81. The zero-order valence-electron chi connectivity index (χ0n) is 16.9. The number of benzene rings is 1. The minimum atomic E-state index is -0.851. The Bertz CT molecular complexity index is 922. The molecule has 2 aromatic rings. The minimum absolute atomic E-state index is 0.00703. The number of allylic oxidation sites excluding steroid dienone is 2. The third kappa shape index (κ3) is 6.58. The second-order valence-electron chi connectivity index (χ2n) is 7.28. The van der Waals surface area contributed by atoms with Gasteiger partial charge in [-0.1, -0.05) is 48.6 Å². The molecular formula is C24H27N3O3. The lowest BCUT2D eigenvalue weighted by Gasteiger charge is -2.13. The molecule has 6 nitrogen and oxygen atoms in total. The maximum atomic E-state index is 12.4. The van der Waals surface area contributed by atoms with Crippen molar-refractivity contribution < 1.29 is 14.7 Å².